The number of benzene rings is 1. The molecule has 0 saturated heterocycles. The van der Waals surface area contributed by atoms with Gasteiger partial charge in [0.1, 0.15) is 11.6 Å². The molecule has 1 aliphatic rings. The van der Waals surface area contributed by atoms with Crippen molar-refractivity contribution >= 4 is 5.69 Å². The van der Waals surface area contributed by atoms with Crippen molar-refractivity contribution in [1.29, 1.82) is 0 Å². The molecule has 20 heavy (non-hydrogen) atoms. The van der Waals surface area contributed by atoms with Crippen molar-refractivity contribution in [3.8, 4) is 5.75 Å². The second kappa shape index (κ2) is 6.00. The summed E-state index contributed by atoms with van der Waals surface area (Å²) in [5.41, 5.74) is 0.912. The minimum Gasteiger partial charge on any atom is -0.492 e. The second-order valence-corrected chi connectivity index (χ2v) is 5.77. The zero-order valence-corrected chi connectivity index (χ0v) is 12.7. The van der Waals surface area contributed by atoms with Crippen LogP contribution in [0.15, 0.2) is 18.2 Å². The Morgan fingerprint density at radius 2 is 2.05 bits per heavy atom. The summed E-state index contributed by atoms with van der Waals surface area (Å²) in [5, 5.41) is 3.47. The van der Waals surface area contributed by atoms with Crippen molar-refractivity contribution in [2.75, 3.05) is 18.5 Å². The molecule has 2 rings (SSSR count). The predicted molar refractivity (Wildman–Crippen MR) is 78.8 cm³/mol. The predicted octanol–water partition coefficient (Wildman–Crippen LogP) is 3.84. The van der Waals surface area contributed by atoms with Crippen LogP contribution in [0.1, 0.15) is 34.1 Å². The lowest BCUT2D eigenvalue weighted by molar-refractivity contribution is -0.0976. The summed E-state index contributed by atoms with van der Waals surface area (Å²) in [5.74, 6) is 0.294. The van der Waals surface area contributed by atoms with Crippen LogP contribution < -0.4 is 10.1 Å². The summed E-state index contributed by atoms with van der Waals surface area (Å²) in [7, 11) is 0. The molecule has 1 aromatic carbocycles. The minimum absolute atomic E-state index is 0.0634. The first-order chi connectivity index (χ1) is 9.48. The van der Waals surface area contributed by atoms with Gasteiger partial charge in [0.25, 0.3) is 0 Å². The van der Waals surface area contributed by atoms with E-state index in [1.165, 1.54) is 12.1 Å². The molecule has 0 radical (unpaired) electrons. The highest BCUT2D eigenvalue weighted by Gasteiger charge is 2.49. The highest BCUT2D eigenvalue weighted by Crippen LogP contribution is 2.45. The normalized spacial score (nSPS) is 24.1. The van der Waals surface area contributed by atoms with Gasteiger partial charge >= 0.3 is 0 Å². The highest BCUT2D eigenvalue weighted by atomic mass is 19.1. The van der Waals surface area contributed by atoms with Crippen LogP contribution in [-0.2, 0) is 4.74 Å². The average Bonchev–Trinajstić information content (AvgIpc) is 2.40. The molecule has 1 N–H and O–H groups in total. The molecular weight excluding hydrogens is 257 g/mol. The van der Waals surface area contributed by atoms with Gasteiger partial charge in [-0.25, -0.2) is 4.39 Å². The monoisotopic (exact) mass is 281 g/mol. The summed E-state index contributed by atoms with van der Waals surface area (Å²) >= 11 is 0. The first kappa shape index (κ1) is 15.1. The number of hydrogen-bond donors (Lipinski definition) is 1. The van der Waals surface area contributed by atoms with E-state index in [0.29, 0.717) is 18.4 Å². The molecule has 2 atom stereocenters. The fourth-order valence-corrected chi connectivity index (χ4v) is 2.69. The van der Waals surface area contributed by atoms with Crippen molar-refractivity contribution in [3.63, 3.8) is 0 Å². The highest BCUT2D eigenvalue weighted by molar-refractivity contribution is 5.57. The molecule has 2 unspecified atom stereocenters. The maximum absolute atomic E-state index is 13.3. The molecular formula is C16H24FNO2. The Kier molecular flexibility index (Phi) is 4.53. The lowest BCUT2D eigenvalue weighted by Gasteiger charge is -2.52. The van der Waals surface area contributed by atoms with Gasteiger partial charge < -0.3 is 14.8 Å². The topological polar surface area (TPSA) is 30.5 Å². The van der Waals surface area contributed by atoms with Crippen LogP contribution in [0.2, 0.25) is 0 Å². The molecule has 1 saturated carbocycles. The molecule has 1 fully saturated rings. The van der Waals surface area contributed by atoms with E-state index in [1.807, 2.05) is 13.8 Å². The zero-order valence-electron chi connectivity index (χ0n) is 12.7. The Morgan fingerprint density at radius 3 is 2.65 bits per heavy atom. The lowest BCUT2D eigenvalue weighted by atomic mass is 9.64. The van der Waals surface area contributed by atoms with Crippen LogP contribution in [0, 0.1) is 11.2 Å². The molecule has 0 spiro atoms. The Morgan fingerprint density at radius 1 is 1.30 bits per heavy atom. The quantitative estimate of drug-likeness (QED) is 0.859. The first-order valence-corrected chi connectivity index (χ1v) is 7.29. The number of nitrogens with one attached hydrogen (secondary N) is 1. The first-order valence-electron chi connectivity index (χ1n) is 7.29. The van der Waals surface area contributed by atoms with Gasteiger partial charge in [-0.2, -0.15) is 0 Å². The van der Waals surface area contributed by atoms with E-state index in [4.69, 9.17) is 9.47 Å². The molecule has 0 aliphatic heterocycles. The Labute approximate surface area is 120 Å². The van der Waals surface area contributed by atoms with Gasteiger partial charge in [-0.05, 0) is 32.4 Å². The molecule has 1 aliphatic carbocycles. The molecule has 0 amide bonds. The van der Waals surface area contributed by atoms with E-state index in [0.717, 1.165) is 18.7 Å². The van der Waals surface area contributed by atoms with Crippen LogP contribution in [0.3, 0.4) is 0 Å². The molecule has 0 heterocycles. The molecule has 0 aromatic heterocycles. The summed E-state index contributed by atoms with van der Waals surface area (Å²) in [6.07, 6.45) is 1.24. The number of halogens is 1. The molecule has 0 bridgehead atoms. The van der Waals surface area contributed by atoms with Gasteiger partial charge in [-0.15, -0.1) is 0 Å². The van der Waals surface area contributed by atoms with Gasteiger partial charge in [-0.3, -0.25) is 0 Å². The molecule has 4 heteroatoms. The maximum atomic E-state index is 13.3. The largest absolute Gasteiger partial charge is 0.492 e. The molecule has 112 valence electrons. The number of hydrogen-bond acceptors (Lipinski definition) is 3. The SMILES string of the molecule is CCOc1cc(F)ccc1NC1CC(OCC)C1(C)C. The summed E-state index contributed by atoms with van der Waals surface area (Å²) in [6.45, 7) is 9.56. The van der Waals surface area contributed by atoms with E-state index >= 15 is 0 Å². The maximum Gasteiger partial charge on any atom is 0.145 e. The smallest absolute Gasteiger partial charge is 0.145 e. The third-order valence-electron chi connectivity index (χ3n) is 4.12. The Balaban J connectivity index is 2.08. The van der Waals surface area contributed by atoms with Crippen molar-refractivity contribution in [1.82, 2.24) is 0 Å². The molecule has 1 aromatic rings. The summed E-state index contributed by atoms with van der Waals surface area (Å²) in [4.78, 5) is 0. The third-order valence-corrected chi connectivity index (χ3v) is 4.12. The summed E-state index contributed by atoms with van der Waals surface area (Å²) < 4.78 is 24.5. The van der Waals surface area contributed by atoms with Crippen molar-refractivity contribution < 1.29 is 13.9 Å². The van der Waals surface area contributed by atoms with E-state index in [1.54, 1.807) is 6.07 Å². The number of rotatable bonds is 6. The van der Waals surface area contributed by atoms with Crippen LogP contribution in [0.5, 0.6) is 5.75 Å². The van der Waals surface area contributed by atoms with E-state index in [-0.39, 0.29) is 17.3 Å². The number of ether oxygens (including phenoxy) is 2. The standard InChI is InChI=1S/C16H24FNO2/c1-5-19-13-9-11(17)7-8-12(13)18-14-10-15(20-6-2)16(14,3)4/h7-9,14-15,18H,5-6,10H2,1-4H3. The van der Waals surface area contributed by atoms with Gasteiger partial charge in [0.05, 0.1) is 18.4 Å². The van der Waals surface area contributed by atoms with Crippen molar-refractivity contribution in [2.24, 2.45) is 5.41 Å². The van der Waals surface area contributed by atoms with Gasteiger partial charge in [0.15, 0.2) is 0 Å². The van der Waals surface area contributed by atoms with Crippen molar-refractivity contribution in [3.05, 3.63) is 24.0 Å². The fourth-order valence-electron chi connectivity index (χ4n) is 2.69. The van der Waals surface area contributed by atoms with Crippen LogP contribution in [0.25, 0.3) is 0 Å². The fraction of sp³-hybridized carbons (Fsp3) is 0.625. The lowest BCUT2D eigenvalue weighted by Crippen LogP contribution is -2.58. The number of anilines is 1. The van der Waals surface area contributed by atoms with E-state index < -0.39 is 0 Å². The van der Waals surface area contributed by atoms with Crippen LogP contribution in [-0.4, -0.2) is 25.4 Å². The second-order valence-electron chi connectivity index (χ2n) is 5.77. The van der Waals surface area contributed by atoms with Crippen LogP contribution in [0.4, 0.5) is 10.1 Å². The van der Waals surface area contributed by atoms with Gasteiger partial charge in [0, 0.05) is 24.1 Å². The molecule has 3 nitrogen and oxygen atoms in total. The van der Waals surface area contributed by atoms with Gasteiger partial charge in [0.2, 0.25) is 0 Å². The Bertz CT molecular complexity index is 462. The van der Waals surface area contributed by atoms with E-state index in [9.17, 15) is 4.39 Å². The van der Waals surface area contributed by atoms with Gasteiger partial charge in [-0.1, -0.05) is 13.8 Å². The minimum atomic E-state index is -0.279. The average molecular weight is 281 g/mol. The van der Waals surface area contributed by atoms with Crippen LogP contribution >= 0.6 is 0 Å². The van der Waals surface area contributed by atoms with Crippen molar-refractivity contribution in [2.45, 2.75) is 46.3 Å². The third kappa shape index (κ3) is 2.90. The summed E-state index contributed by atoms with van der Waals surface area (Å²) in [6, 6.07) is 4.93. The van der Waals surface area contributed by atoms with E-state index in [2.05, 4.69) is 19.2 Å². The Hall–Kier alpha value is -1.29. The zero-order chi connectivity index (χ0) is 14.8.